The van der Waals surface area contributed by atoms with Crippen molar-refractivity contribution in [2.45, 2.75) is 70.6 Å². The molecule has 2 heterocycles. The molecule has 0 spiro atoms. The first kappa shape index (κ1) is 20.7. The number of amides is 2. The lowest BCUT2D eigenvalue weighted by molar-refractivity contribution is -0.133. The van der Waals surface area contributed by atoms with E-state index in [9.17, 15) is 9.59 Å². The van der Waals surface area contributed by atoms with Crippen LogP contribution in [-0.4, -0.2) is 63.1 Å². The van der Waals surface area contributed by atoms with Crippen molar-refractivity contribution in [3.8, 4) is 0 Å². The second-order valence-corrected chi connectivity index (χ2v) is 9.52. The molecule has 7 nitrogen and oxygen atoms in total. The Morgan fingerprint density at radius 2 is 1.80 bits per heavy atom. The molecule has 1 saturated heterocycles. The lowest BCUT2D eigenvalue weighted by Crippen LogP contribution is -2.49. The molecule has 7 heteroatoms. The van der Waals surface area contributed by atoms with Gasteiger partial charge in [0, 0.05) is 32.1 Å². The van der Waals surface area contributed by atoms with Gasteiger partial charge in [0.2, 0.25) is 5.91 Å². The molecule has 2 amide bonds. The van der Waals surface area contributed by atoms with E-state index in [2.05, 4.69) is 4.57 Å². The standard InChI is InChI=1S/C23H32N4O3/c1-23(2,3)30-22(29)25(4)17-11-13-26(14-12-17)20(28)15-27-19-8-6-5-7-18(19)24-21(27)16-9-10-16/h5-8,16-17H,9-15H2,1-4H3. The summed E-state index contributed by atoms with van der Waals surface area (Å²) in [6, 6.07) is 8.15. The van der Waals surface area contributed by atoms with Crippen LogP contribution in [0.15, 0.2) is 24.3 Å². The monoisotopic (exact) mass is 412 g/mol. The van der Waals surface area contributed by atoms with Gasteiger partial charge in [-0.25, -0.2) is 9.78 Å². The maximum absolute atomic E-state index is 13.1. The Hall–Kier alpha value is -2.57. The number of carbonyl (C=O) groups excluding carboxylic acids is 2. The molecule has 1 aromatic carbocycles. The van der Waals surface area contributed by atoms with Crippen molar-refractivity contribution in [3.05, 3.63) is 30.1 Å². The molecule has 0 unspecified atom stereocenters. The van der Waals surface area contributed by atoms with Crippen molar-refractivity contribution in [2.75, 3.05) is 20.1 Å². The fourth-order valence-electron chi connectivity index (χ4n) is 4.13. The summed E-state index contributed by atoms with van der Waals surface area (Å²) in [5.41, 5.74) is 1.49. The van der Waals surface area contributed by atoms with Crippen LogP contribution in [0.3, 0.4) is 0 Å². The average Bonchev–Trinajstić information content (AvgIpc) is 3.49. The summed E-state index contributed by atoms with van der Waals surface area (Å²) in [4.78, 5) is 33.8. The average molecular weight is 413 g/mol. The molecule has 1 aliphatic heterocycles. The number of hydrogen-bond donors (Lipinski definition) is 0. The normalized spacial score (nSPS) is 17.9. The van der Waals surface area contributed by atoms with Crippen LogP contribution in [-0.2, 0) is 16.1 Å². The van der Waals surface area contributed by atoms with E-state index in [-0.39, 0.29) is 18.0 Å². The van der Waals surface area contributed by atoms with Gasteiger partial charge in [-0.15, -0.1) is 0 Å². The molecule has 0 radical (unpaired) electrons. The van der Waals surface area contributed by atoms with Gasteiger partial charge in [-0.1, -0.05) is 12.1 Å². The predicted octanol–water partition coefficient (Wildman–Crippen LogP) is 3.77. The van der Waals surface area contributed by atoms with E-state index in [1.54, 1.807) is 11.9 Å². The van der Waals surface area contributed by atoms with Crippen molar-refractivity contribution in [1.82, 2.24) is 19.4 Å². The topological polar surface area (TPSA) is 67.7 Å². The van der Waals surface area contributed by atoms with Crippen molar-refractivity contribution in [1.29, 1.82) is 0 Å². The predicted molar refractivity (Wildman–Crippen MR) is 115 cm³/mol. The van der Waals surface area contributed by atoms with Crippen molar-refractivity contribution in [2.24, 2.45) is 0 Å². The van der Waals surface area contributed by atoms with Gasteiger partial charge in [0.25, 0.3) is 0 Å². The maximum atomic E-state index is 13.1. The Morgan fingerprint density at radius 1 is 1.13 bits per heavy atom. The van der Waals surface area contributed by atoms with Crippen LogP contribution < -0.4 is 0 Å². The molecule has 0 N–H and O–H groups in total. The number of likely N-dealkylation sites (tertiary alicyclic amines) is 1. The van der Waals surface area contributed by atoms with Gasteiger partial charge in [0.05, 0.1) is 11.0 Å². The van der Waals surface area contributed by atoms with Gasteiger partial charge in [-0.2, -0.15) is 0 Å². The zero-order valence-corrected chi connectivity index (χ0v) is 18.4. The summed E-state index contributed by atoms with van der Waals surface area (Å²) in [7, 11) is 1.79. The third-order valence-electron chi connectivity index (χ3n) is 5.97. The molecule has 1 aliphatic carbocycles. The quantitative estimate of drug-likeness (QED) is 0.767. The maximum Gasteiger partial charge on any atom is 0.410 e. The second kappa shape index (κ2) is 7.93. The molecule has 2 aromatic rings. The third-order valence-corrected chi connectivity index (χ3v) is 5.97. The van der Waals surface area contributed by atoms with Gasteiger partial charge in [0.1, 0.15) is 18.0 Å². The van der Waals surface area contributed by atoms with E-state index in [0.29, 0.717) is 25.6 Å². The molecule has 1 aromatic heterocycles. The Balaban J connectivity index is 1.38. The summed E-state index contributed by atoms with van der Waals surface area (Å²) in [5, 5.41) is 0. The summed E-state index contributed by atoms with van der Waals surface area (Å²) in [6.45, 7) is 7.25. The molecule has 2 aliphatic rings. The van der Waals surface area contributed by atoms with Gasteiger partial charge in [-0.3, -0.25) is 4.79 Å². The summed E-state index contributed by atoms with van der Waals surface area (Å²) in [6.07, 6.45) is 3.54. The second-order valence-electron chi connectivity index (χ2n) is 9.52. The van der Waals surface area contributed by atoms with Crippen LogP contribution in [0.5, 0.6) is 0 Å². The molecule has 2 fully saturated rings. The number of carbonyl (C=O) groups is 2. The number of hydrogen-bond acceptors (Lipinski definition) is 4. The van der Waals surface area contributed by atoms with Gasteiger partial charge in [-0.05, 0) is 58.6 Å². The number of ether oxygens (including phenoxy) is 1. The molecule has 30 heavy (non-hydrogen) atoms. The van der Waals surface area contributed by atoms with Crippen LogP contribution in [0, 0.1) is 0 Å². The number of benzene rings is 1. The fourth-order valence-corrected chi connectivity index (χ4v) is 4.13. The fraction of sp³-hybridized carbons (Fsp3) is 0.609. The van der Waals surface area contributed by atoms with E-state index in [1.165, 1.54) is 0 Å². The number of aromatic nitrogens is 2. The first-order valence-corrected chi connectivity index (χ1v) is 10.9. The summed E-state index contributed by atoms with van der Waals surface area (Å²) in [5.74, 6) is 1.65. The summed E-state index contributed by atoms with van der Waals surface area (Å²) < 4.78 is 7.58. The Kier molecular flexibility index (Phi) is 5.47. The minimum Gasteiger partial charge on any atom is -0.444 e. The number of fused-ring (bicyclic) bond motifs is 1. The number of rotatable bonds is 4. The first-order valence-electron chi connectivity index (χ1n) is 10.9. The molecular weight excluding hydrogens is 380 g/mol. The minimum absolute atomic E-state index is 0.0972. The van der Waals surface area contributed by atoms with Gasteiger partial charge < -0.3 is 19.1 Å². The van der Waals surface area contributed by atoms with Crippen LogP contribution in [0.4, 0.5) is 4.79 Å². The highest BCUT2D eigenvalue weighted by Crippen LogP contribution is 2.40. The number of nitrogens with zero attached hydrogens (tertiary/aromatic N) is 4. The highest BCUT2D eigenvalue weighted by atomic mass is 16.6. The molecule has 1 saturated carbocycles. The Labute approximate surface area is 178 Å². The van der Waals surface area contributed by atoms with Crippen LogP contribution in [0.1, 0.15) is 58.2 Å². The van der Waals surface area contributed by atoms with Crippen LogP contribution >= 0.6 is 0 Å². The highest BCUT2D eigenvalue weighted by Gasteiger charge is 2.32. The van der Waals surface area contributed by atoms with E-state index in [1.807, 2.05) is 49.9 Å². The van der Waals surface area contributed by atoms with E-state index in [4.69, 9.17) is 9.72 Å². The molecule has 0 atom stereocenters. The molecule has 162 valence electrons. The zero-order valence-electron chi connectivity index (χ0n) is 18.4. The lowest BCUT2D eigenvalue weighted by Gasteiger charge is -2.37. The Bertz CT molecular complexity index is 934. The van der Waals surface area contributed by atoms with E-state index in [0.717, 1.165) is 42.5 Å². The van der Waals surface area contributed by atoms with E-state index < -0.39 is 5.60 Å². The smallest absolute Gasteiger partial charge is 0.410 e. The number of para-hydroxylation sites is 2. The van der Waals surface area contributed by atoms with Crippen LogP contribution in [0.25, 0.3) is 11.0 Å². The molecule has 0 bridgehead atoms. The lowest BCUT2D eigenvalue weighted by atomic mass is 10.0. The molecular formula is C23H32N4O3. The first-order chi connectivity index (χ1) is 14.2. The van der Waals surface area contributed by atoms with Crippen molar-refractivity contribution >= 4 is 23.0 Å². The van der Waals surface area contributed by atoms with E-state index >= 15 is 0 Å². The minimum atomic E-state index is -0.505. The number of imidazole rings is 1. The van der Waals surface area contributed by atoms with Crippen molar-refractivity contribution < 1.29 is 14.3 Å². The molecule has 4 rings (SSSR count). The zero-order chi connectivity index (χ0) is 21.5. The number of piperidine rings is 1. The van der Waals surface area contributed by atoms with Crippen LogP contribution in [0.2, 0.25) is 0 Å². The largest absolute Gasteiger partial charge is 0.444 e. The van der Waals surface area contributed by atoms with Gasteiger partial charge in [0.15, 0.2) is 0 Å². The Morgan fingerprint density at radius 3 is 2.43 bits per heavy atom. The summed E-state index contributed by atoms with van der Waals surface area (Å²) >= 11 is 0. The van der Waals surface area contributed by atoms with Crippen molar-refractivity contribution in [3.63, 3.8) is 0 Å². The van der Waals surface area contributed by atoms with Gasteiger partial charge >= 0.3 is 6.09 Å². The highest BCUT2D eigenvalue weighted by molar-refractivity contribution is 5.81. The SMILES string of the molecule is CN(C(=O)OC(C)(C)C)C1CCN(C(=O)Cn2c(C3CC3)nc3ccccc32)CC1. The third kappa shape index (κ3) is 4.45.